The maximum atomic E-state index is 8.60. The first kappa shape index (κ1) is 25.3. The zero-order valence-electron chi connectivity index (χ0n) is 17.9. The molecule has 0 spiro atoms. The fourth-order valence-corrected chi connectivity index (χ4v) is 2.91. The lowest BCUT2D eigenvalue weighted by molar-refractivity contribution is 0.282. The summed E-state index contributed by atoms with van der Waals surface area (Å²) in [5, 5.41) is 24.0. The molecule has 0 saturated heterocycles. The van der Waals surface area contributed by atoms with Crippen molar-refractivity contribution in [3.8, 4) is 0 Å². The normalized spacial score (nSPS) is 10.4. The van der Waals surface area contributed by atoms with E-state index in [9.17, 15) is 0 Å². The number of unbranched alkanes of at least 4 members (excludes halogenated alkanes) is 5. The lowest BCUT2D eigenvalue weighted by Crippen LogP contribution is -2.14. The summed E-state index contributed by atoms with van der Waals surface area (Å²) in [6.45, 7) is 4.66. The minimum absolute atomic E-state index is 0.318. The molecule has 4 nitrogen and oxygen atoms in total. The Morgan fingerprint density at radius 2 is 0.862 bits per heavy atom. The number of rotatable bonds is 15. The van der Waals surface area contributed by atoms with Crippen molar-refractivity contribution in [3.63, 3.8) is 0 Å². The van der Waals surface area contributed by atoms with E-state index in [4.69, 9.17) is 10.2 Å². The molecule has 0 heterocycles. The highest BCUT2D eigenvalue weighted by Crippen LogP contribution is 2.00. The third kappa shape index (κ3) is 15.8. The Labute approximate surface area is 177 Å². The second-order valence-corrected chi connectivity index (χ2v) is 7.25. The minimum atomic E-state index is 0.318. The van der Waals surface area contributed by atoms with Gasteiger partial charge in [-0.1, -0.05) is 73.5 Å². The van der Waals surface area contributed by atoms with Gasteiger partial charge in [-0.25, -0.2) is 0 Å². The second kappa shape index (κ2) is 19.6. The van der Waals surface area contributed by atoms with Gasteiger partial charge in [0.25, 0.3) is 0 Å². The van der Waals surface area contributed by atoms with Crippen molar-refractivity contribution in [2.45, 2.75) is 58.0 Å². The van der Waals surface area contributed by atoms with E-state index >= 15 is 0 Å². The first-order valence-corrected chi connectivity index (χ1v) is 11.1. The van der Waals surface area contributed by atoms with Crippen LogP contribution in [0.15, 0.2) is 60.7 Å². The van der Waals surface area contributed by atoms with Gasteiger partial charge in [0, 0.05) is 26.3 Å². The summed E-state index contributed by atoms with van der Waals surface area (Å²) < 4.78 is 0. The quantitative estimate of drug-likeness (QED) is 0.337. The molecule has 0 aromatic heterocycles. The van der Waals surface area contributed by atoms with Crippen molar-refractivity contribution >= 4 is 0 Å². The molecule has 0 bridgehead atoms. The monoisotopic (exact) mass is 400 g/mol. The van der Waals surface area contributed by atoms with Gasteiger partial charge in [-0.05, 0) is 56.3 Å². The Hall–Kier alpha value is -1.72. The molecule has 29 heavy (non-hydrogen) atoms. The van der Waals surface area contributed by atoms with E-state index in [0.29, 0.717) is 13.2 Å². The van der Waals surface area contributed by atoms with Gasteiger partial charge >= 0.3 is 0 Å². The predicted molar refractivity (Wildman–Crippen MR) is 123 cm³/mol. The molecule has 0 unspecified atom stereocenters. The second-order valence-electron chi connectivity index (χ2n) is 7.25. The Kier molecular flexibility index (Phi) is 17.1. The Morgan fingerprint density at radius 3 is 1.28 bits per heavy atom. The highest BCUT2D eigenvalue weighted by atomic mass is 16.3. The molecular formula is C25H40N2O2. The van der Waals surface area contributed by atoms with Crippen molar-refractivity contribution in [2.75, 3.05) is 26.3 Å². The van der Waals surface area contributed by atoms with E-state index in [2.05, 4.69) is 59.2 Å². The van der Waals surface area contributed by atoms with Crippen molar-refractivity contribution in [3.05, 3.63) is 71.8 Å². The lowest BCUT2D eigenvalue weighted by Gasteiger charge is -2.04. The van der Waals surface area contributed by atoms with Crippen LogP contribution in [0.25, 0.3) is 0 Å². The van der Waals surface area contributed by atoms with E-state index in [-0.39, 0.29) is 0 Å². The van der Waals surface area contributed by atoms with Crippen LogP contribution in [-0.2, 0) is 13.1 Å². The van der Waals surface area contributed by atoms with Gasteiger partial charge in [0.15, 0.2) is 0 Å². The van der Waals surface area contributed by atoms with Gasteiger partial charge in [-0.3, -0.25) is 0 Å². The van der Waals surface area contributed by atoms with Gasteiger partial charge in [-0.15, -0.1) is 0 Å². The van der Waals surface area contributed by atoms with Gasteiger partial charge in [0.05, 0.1) is 0 Å². The van der Waals surface area contributed by atoms with E-state index in [1.807, 2.05) is 12.1 Å². The molecule has 0 atom stereocenters. The van der Waals surface area contributed by atoms with E-state index in [1.54, 1.807) is 0 Å². The number of aliphatic hydroxyl groups is 2. The first-order valence-electron chi connectivity index (χ1n) is 11.1. The molecule has 2 rings (SSSR count). The molecule has 0 fully saturated rings. The van der Waals surface area contributed by atoms with Crippen molar-refractivity contribution in [1.82, 2.24) is 10.6 Å². The maximum Gasteiger partial charge on any atom is 0.0431 e. The SMILES string of the molecule is OCCCCCCNCc1ccccc1.OCCCCCNCc1ccccc1. The minimum Gasteiger partial charge on any atom is -0.396 e. The maximum absolute atomic E-state index is 8.60. The number of benzene rings is 2. The molecule has 0 aliphatic carbocycles. The molecule has 0 amide bonds. The van der Waals surface area contributed by atoms with Gasteiger partial charge < -0.3 is 20.8 Å². The highest BCUT2D eigenvalue weighted by Gasteiger charge is 1.92. The van der Waals surface area contributed by atoms with E-state index in [0.717, 1.165) is 58.3 Å². The molecule has 0 aliphatic heterocycles. The lowest BCUT2D eigenvalue weighted by atomic mass is 10.2. The van der Waals surface area contributed by atoms with Crippen LogP contribution in [0.5, 0.6) is 0 Å². The smallest absolute Gasteiger partial charge is 0.0431 e. The molecule has 4 N–H and O–H groups in total. The van der Waals surface area contributed by atoms with Crippen molar-refractivity contribution in [1.29, 1.82) is 0 Å². The predicted octanol–water partition coefficient (Wildman–Crippen LogP) is 4.27. The van der Waals surface area contributed by atoms with Crippen molar-refractivity contribution in [2.24, 2.45) is 0 Å². The van der Waals surface area contributed by atoms with E-state index < -0.39 is 0 Å². The topological polar surface area (TPSA) is 64.5 Å². The molecule has 2 aromatic rings. The van der Waals surface area contributed by atoms with Gasteiger partial charge in [0.1, 0.15) is 0 Å². The third-order valence-corrected chi connectivity index (χ3v) is 4.62. The molecule has 162 valence electrons. The van der Waals surface area contributed by atoms with Crippen molar-refractivity contribution < 1.29 is 10.2 Å². The summed E-state index contributed by atoms with van der Waals surface area (Å²) in [6, 6.07) is 20.9. The fraction of sp³-hybridized carbons (Fsp3) is 0.520. The van der Waals surface area contributed by atoms with E-state index in [1.165, 1.54) is 24.0 Å². The molecule has 2 aromatic carbocycles. The number of nitrogens with one attached hydrogen (secondary N) is 2. The summed E-state index contributed by atoms with van der Waals surface area (Å²) in [4.78, 5) is 0. The van der Waals surface area contributed by atoms with Gasteiger partial charge in [0.2, 0.25) is 0 Å². The highest BCUT2D eigenvalue weighted by molar-refractivity contribution is 5.14. The molecule has 4 heteroatoms. The molecular weight excluding hydrogens is 360 g/mol. The summed E-state index contributed by atoms with van der Waals surface area (Å²) >= 11 is 0. The van der Waals surface area contributed by atoms with Crippen LogP contribution >= 0.6 is 0 Å². The Balaban J connectivity index is 0.000000291. The summed E-state index contributed by atoms with van der Waals surface area (Å²) in [5.41, 5.74) is 2.67. The number of aliphatic hydroxyl groups excluding tert-OH is 2. The molecule has 0 saturated carbocycles. The summed E-state index contributed by atoms with van der Waals surface area (Å²) in [5.74, 6) is 0. The summed E-state index contributed by atoms with van der Waals surface area (Å²) in [6.07, 6.45) is 7.68. The van der Waals surface area contributed by atoms with Crippen LogP contribution in [0.2, 0.25) is 0 Å². The zero-order chi connectivity index (χ0) is 20.8. The average molecular weight is 401 g/mol. The largest absolute Gasteiger partial charge is 0.396 e. The van der Waals surface area contributed by atoms with Crippen LogP contribution in [-0.4, -0.2) is 36.5 Å². The molecule has 0 aliphatic rings. The molecule has 0 radical (unpaired) electrons. The van der Waals surface area contributed by atoms with Crippen LogP contribution in [0.4, 0.5) is 0 Å². The first-order chi connectivity index (χ1) is 14.4. The third-order valence-electron chi connectivity index (χ3n) is 4.62. The average Bonchev–Trinajstić information content (AvgIpc) is 2.77. The zero-order valence-corrected chi connectivity index (χ0v) is 17.9. The fourth-order valence-electron chi connectivity index (χ4n) is 2.91. The number of hydrogen-bond acceptors (Lipinski definition) is 4. The van der Waals surface area contributed by atoms with Crippen LogP contribution < -0.4 is 10.6 Å². The van der Waals surface area contributed by atoms with Gasteiger partial charge in [-0.2, -0.15) is 0 Å². The summed E-state index contributed by atoms with van der Waals surface area (Å²) in [7, 11) is 0. The van der Waals surface area contributed by atoms with Crippen LogP contribution in [0.1, 0.15) is 56.1 Å². The van der Waals surface area contributed by atoms with Crippen LogP contribution in [0.3, 0.4) is 0 Å². The van der Waals surface area contributed by atoms with Crippen LogP contribution in [0, 0.1) is 0 Å². The number of hydrogen-bond donors (Lipinski definition) is 4. The Bertz CT molecular complexity index is 564. The standard InChI is InChI=1S/C13H21NO.C12H19NO/c15-11-7-2-1-6-10-14-12-13-8-4-3-5-9-13;14-10-6-2-5-9-13-11-12-7-3-1-4-8-12/h3-5,8-9,14-15H,1-2,6-7,10-12H2;1,3-4,7-8,13-14H,2,5-6,9-11H2. The Morgan fingerprint density at radius 1 is 0.483 bits per heavy atom.